The Kier molecular flexibility index (Phi) is 3.25. The second-order valence-corrected chi connectivity index (χ2v) is 4.54. The lowest BCUT2D eigenvalue weighted by Crippen LogP contribution is -1.89. The minimum atomic E-state index is 0.615. The molecule has 0 N–H and O–H groups in total. The lowest BCUT2D eigenvalue weighted by Gasteiger charge is -2.06. The minimum absolute atomic E-state index is 0.615. The number of ether oxygens (including phenoxy) is 1. The molecule has 0 aliphatic rings. The first kappa shape index (κ1) is 11.1. The van der Waals surface area contributed by atoms with Gasteiger partial charge in [0.2, 0.25) is 5.88 Å². The average molecular weight is 278 g/mol. The van der Waals surface area contributed by atoms with Crippen LogP contribution in [0, 0.1) is 13.8 Å². The molecule has 2 aromatic rings. The molecule has 0 spiro atoms. The largest absolute Gasteiger partial charge is 0.439 e. The Morgan fingerprint density at radius 2 is 1.81 bits per heavy atom. The molecule has 3 heteroatoms. The van der Waals surface area contributed by atoms with Gasteiger partial charge in [0.05, 0.1) is 0 Å². The highest BCUT2D eigenvalue weighted by Gasteiger charge is 2.01. The third-order valence-corrected chi connectivity index (χ3v) is 3.10. The predicted molar refractivity (Wildman–Crippen MR) is 67.9 cm³/mol. The van der Waals surface area contributed by atoms with Crippen molar-refractivity contribution >= 4 is 15.9 Å². The first-order chi connectivity index (χ1) is 7.65. The van der Waals surface area contributed by atoms with Crippen molar-refractivity contribution in [1.29, 1.82) is 0 Å². The summed E-state index contributed by atoms with van der Waals surface area (Å²) in [5.41, 5.74) is 2.32. The summed E-state index contributed by atoms with van der Waals surface area (Å²) >= 11 is 3.41. The van der Waals surface area contributed by atoms with Crippen molar-refractivity contribution in [3.63, 3.8) is 0 Å². The summed E-state index contributed by atoms with van der Waals surface area (Å²) in [6.07, 6.45) is 1.75. The molecule has 0 bridgehead atoms. The molecular weight excluding hydrogens is 266 g/mol. The van der Waals surface area contributed by atoms with Gasteiger partial charge < -0.3 is 4.74 Å². The molecule has 16 heavy (non-hydrogen) atoms. The summed E-state index contributed by atoms with van der Waals surface area (Å²) in [5.74, 6) is 1.42. The van der Waals surface area contributed by atoms with E-state index in [1.54, 1.807) is 6.20 Å². The molecule has 0 aliphatic heterocycles. The molecule has 82 valence electrons. The number of hydrogen-bond acceptors (Lipinski definition) is 2. The second-order valence-electron chi connectivity index (χ2n) is 3.69. The van der Waals surface area contributed by atoms with Gasteiger partial charge in [-0.2, -0.15) is 0 Å². The highest BCUT2D eigenvalue weighted by atomic mass is 79.9. The summed E-state index contributed by atoms with van der Waals surface area (Å²) in [6, 6.07) is 9.81. The van der Waals surface area contributed by atoms with Gasteiger partial charge in [0.1, 0.15) is 5.75 Å². The zero-order valence-electron chi connectivity index (χ0n) is 9.20. The number of hydrogen-bond donors (Lipinski definition) is 0. The van der Waals surface area contributed by atoms with Crippen molar-refractivity contribution < 1.29 is 4.74 Å². The Bertz CT molecular complexity index is 494. The lowest BCUT2D eigenvalue weighted by molar-refractivity contribution is 0.462. The van der Waals surface area contributed by atoms with E-state index >= 15 is 0 Å². The van der Waals surface area contributed by atoms with Crippen molar-refractivity contribution in [1.82, 2.24) is 4.98 Å². The van der Waals surface area contributed by atoms with Crippen LogP contribution in [0.1, 0.15) is 11.1 Å². The number of rotatable bonds is 2. The quantitative estimate of drug-likeness (QED) is 0.819. The monoisotopic (exact) mass is 277 g/mol. The van der Waals surface area contributed by atoms with Crippen LogP contribution < -0.4 is 4.74 Å². The van der Waals surface area contributed by atoms with Gasteiger partial charge in [-0.15, -0.1) is 0 Å². The zero-order valence-corrected chi connectivity index (χ0v) is 10.8. The van der Waals surface area contributed by atoms with Crippen molar-refractivity contribution in [2.45, 2.75) is 13.8 Å². The van der Waals surface area contributed by atoms with E-state index in [1.165, 1.54) is 5.56 Å². The predicted octanol–water partition coefficient (Wildman–Crippen LogP) is 4.25. The normalized spacial score (nSPS) is 10.2. The van der Waals surface area contributed by atoms with Gasteiger partial charge in [-0.05, 0) is 47.5 Å². The topological polar surface area (TPSA) is 22.1 Å². The Balaban J connectivity index is 2.20. The Hall–Kier alpha value is -1.35. The van der Waals surface area contributed by atoms with Crippen molar-refractivity contribution in [2.75, 3.05) is 0 Å². The Morgan fingerprint density at radius 3 is 2.44 bits per heavy atom. The van der Waals surface area contributed by atoms with Crippen LogP contribution in [0.2, 0.25) is 0 Å². The molecule has 0 radical (unpaired) electrons. The van der Waals surface area contributed by atoms with Crippen LogP contribution in [-0.4, -0.2) is 4.98 Å². The van der Waals surface area contributed by atoms with Gasteiger partial charge in [-0.1, -0.05) is 17.7 Å². The molecule has 0 amide bonds. The number of halogens is 1. The van der Waals surface area contributed by atoms with Gasteiger partial charge in [0.25, 0.3) is 0 Å². The summed E-state index contributed by atoms with van der Waals surface area (Å²) in [4.78, 5) is 4.19. The average Bonchev–Trinajstić information content (AvgIpc) is 2.27. The van der Waals surface area contributed by atoms with Gasteiger partial charge in [0.15, 0.2) is 0 Å². The highest BCUT2D eigenvalue weighted by Crippen LogP contribution is 2.23. The maximum atomic E-state index is 5.64. The van der Waals surface area contributed by atoms with Crippen molar-refractivity contribution in [2.24, 2.45) is 0 Å². The van der Waals surface area contributed by atoms with E-state index < -0.39 is 0 Å². The first-order valence-electron chi connectivity index (χ1n) is 5.02. The fourth-order valence-electron chi connectivity index (χ4n) is 1.30. The molecule has 1 aromatic heterocycles. The third kappa shape index (κ3) is 2.61. The van der Waals surface area contributed by atoms with Crippen LogP contribution in [0.5, 0.6) is 11.6 Å². The SMILES string of the molecule is Cc1ccc(Oc2cc(C)c(Br)cn2)cc1. The summed E-state index contributed by atoms with van der Waals surface area (Å²) < 4.78 is 6.63. The number of aromatic nitrogens is 1. The summed E-state index contributed by atoms with van der Waals surface area (Å²) in [5, 5.41) is 0. The molecule has 0 aliphatic carbocycles. The molecule has 2 nitrogen and oxygen atoms in total. The molecule has 0 fully saturated rings. The fraction of sp³-hybridized carbons (Fsp3) is 0.154. The van der Waals surface area contributed by atoms with E-state index in [2.05, 4.69) is 20.9 Å². The van der Waals surface area contributed by atoms with E-state index in [0.717, 1.165) is 15.8 Å². The summed E-state index contributed by atoms with van der Waals surface area (Å²) in [7, 11) is 0. The maximum Gasteiger partial charge on any atom is 0.219 e. The van der Waals surface area contributed by atoms with Crippen molar-refractivity contribution in [3.8, 4) is 11.6 Å². The van der Waals surface area contributed by atoms with E-state index in [4.69, 9.17) is 4.74 Å². The molecular formula is C13H12BrNO. The highest BCUT2D eigenvalue weighted by molar-refractivity contribution is 9.10. The molecule has 0 saturated heterocycles. The molecule has 0 atom stereocenters. The van der Waals surface area contributed by atoms with Crippen molar-refractivity contribution in [3.05, 3.63) is 52.1 Å². The molecule has 0 saturated carbocycles. The van der Waals surface area contributed by atoms with E-state index in [1.807, 2.05) is 44.2 Å². The minimum Gasteiger partial charge on any atom is -0.439 e. The van der Waals surface area contributed by atoms with E-state index in [-0.39, 0.29) is 0 Å². The van der Waals surface area contributed by atoms with E-state index in [9.17, 15) is 0 Å². The maximum absolute atomic E-state index is 5.64. The summed E-state index contributed by atoms with van der Waals surface area (Å²) in [6.45, 7) is 4.06. The smallest absolute Gasteiger partial charge is 0.219 e. The Morgan fingerprint density at radius 1 is 1.12 bits per heavy atom. The van der Waals surface area contributed by atoms with Gasteiger partial charge in [-0.25, -0.2) is 4.98 Å². The van der Waals surface area contributed by atoms with Crippen LogP contribution in [0.25, 0.3) is 0 Å². The van der Waals surface area contributed by atoms with Crippen LogP contribution in [0.4, 0.5) is 0 Å². The standard InChI is InChI=1S/C13H12BrNO/c1-9-3-5-11(6-4-9)16-13-7-10(2)12(14)8-15-13/h3-8H,1-2H3. The van der Waals surface area contributed by atoms with Crippen LogP contribution >= 0.6 is 15.9 Å². The zero-order chi connectivity index (χ0) is 11.5. The molecule has 1 aromatic carbocycles. The lowest BCUT2D eigenvalue weighted by atomic mass is 10.2. The third-order valence-electron chi connectivity index (χ3n) is 2.27. The van der Waals surface area contributed by atoms with Crippen LogP contribution in [0.3, 0.4) is 0 Å². The number of aryl methyl sites for hydroxylation is 2. The van der Waals surface area contributed by atoms with Gasteiger partial charge in [0, 0.05) is 16.7 Å². The number of pyridine rings is 1. The molecule has 0 unspecified atom stereocenters. The first-order valence-corrected chi connectivity index (χ1v) is 5.81. The van der Waals surface area contributed by atoms with Crippen LogP contribution in [-0.2, 0) is 0 Å². The Labute approximate surface area is 103 Å². The van der Waals surface area contributed by atoms with E-state index in [0.29, 0.717) is 5.88 Å². The van der Waals surface area contributed by atoms with Crippen LogP contribution in [0.15, 0.2) is 41.0 Å². The molecule has 1 heterocycles. The fourth-order valence-corrected chi connectivity index (χ4v) is 1.51. The van der Waals surface area contributed by atoms with Gasteiger partial charge in [-0.3, -0.25) is 0 Å². The second kappa shape index (κ2) is 4.66. The number of benzene rings is 1. The van der Waals surface area contributed by atoms with Gasteiger partial charge >= 0.3 is 0 Å². The number of nitrogens with zero attached hydrogens (tertiary/aromatic N) is 1. The molecule has 2 rings (SSSR count).